The fourth-order valence-corrected chi connectivity index (χ4v) is 5.65. The summed E-state index contributed by atoms with van der Waals surface area (Å²) in [6, 6.07) is 8.58. The predicted octanol–water partition coefficient (Wildman–Crippen LogP) is 4.51. The molecular weight excluding hydrogens is 438 g/mol. The van der Waals surface area contributed by atoms with E-state index >= 15 is 0 Å². The smallest absolute Gasteiger partial charge is 0.222 e. The highest BCUT2D eigenvalue weighted by Crippen LogP contribution is 2.44. The van der Waals surface area contributed by atoms with Crippen LogP contribution < -0.4 is 0 Å². The molecule has 1 aliphatic carbocycles. The zero-order valence-corrected chi connectivity index (χ0v) is 20.1. The van der Waals surface area contributed by atoms with Crippen LogP contribution in [0.3, 0.4) is 0 Å². The third-order valence-electron chi connectivity index (χ3n) is 7.90. The van der Waals surface area contributed by atoms with Crippen LogP contribution in [0.2, 0.25) is 0 Å². The number of amides is 1. The zero-order valence-electron chi connectivity index (χ0n) is 20.1. The summed E-state index contributed by atoms with van der Waals surface area (Å²) in [5.74, 6) is 0.983. The summed E-state index contributed by atoms with van der Waals surface area (Å²) in [5.41, 5.74) is 5.18. The molecule has 6 rings (SSSR count). The standard InChI is InChI=1S/C27H29N7O/c1-32-17-22(15-30-32)19-4-3-5-20(12-19)26-28-13-21(14-29-26)23-16-31-34(18-23)24-6-9-27(10-7-24)11-8-25(35)33(27)2/h3-5,12-18,24H,6-11H2,1-2H3. The third kappa shape index (κ3) is 3.92. The first kappa shape index (κ1) is 21.7. The number of aromatic nitrogens is 6. The van der Waals surface area contributed by atoms with E-state index in [0.717, 1.165) is 59.9 Å². The molecule has 1 aromatic carbocycles. The van der Waals surface area contributed by atoms with Crippen LogP contribution in [0.15, 0.2) is 61.4 Å². The van der Waals surface area contributed by atoms with Gasteiger partial charge >= 0.3 is 0 Å². The number of carbonyl (C=O) groups is 1. The van der Waals surface area contributed by atoms with Gasteiger partial charge in [0.25, 0.3) is 0 Å². The number of nitrogens with zero attached hydrogens (tertiary/aromatic N) is 7. The molecule has 4 aromatic rings. The summed E-state index contributed by atoms with van der Waals surface area (Å²) in [5, 5.41) is 8.93. The molecule has 35 heavy (non-hydrogen) atoms. The molecule has 0 N–H and O–H groups in total. The van der Waals surface area contributed by atoms with Gasteiger partial charge in [0.1, 0.15) is 0 Å². The predicted molar refractivity (Wildman–Crippen MR) is 133 cm³/mol. The van der Waals surface area contributed by atoms with Crippen molar-refractivity contribution < 1.29 is 4.79 Å². The van der Waals surface area contributed by atoms with Gasteiger partial charge in [-0.15, -0.1) is 0 Å². The molecule has 1 aliphatic heterocycles. The molecule has 1 saturated carbocycles. The molecule has 2 fully saturated rings. The summed E-state index contributed by atoms with van der Waals surface area (Å²) in [6.45, 7) is 0. The van der Waals surface area contributed by atoms with Crippen LogP contribution in [0.5, 0.6) is 0 Å². The summed E-state index contributed by atoms with van der Waals surface area (Å²) in [6.07, 6.45) is 17.5. The number of hydrogen-bond donors (Lipinski definition) is 0. The Kier molecular flexibility index (Phi) is 5.24. The molecule has 0 bridgehead atoms. The van der Waals surface area contributed by atoms with Gasteiger partial charge in [-0.25, -0.2) is 9.97 Å². The Morgan fingerprint density at radius 2 is 1.54 bits per heavy atom. The van der Waals surface area contributed by atoms with Crippen LogP contribution in [0.4, 0.5) is 0 Å². The SMILES string of the molecule is CN1C(=O)CCC12CCC(n1cc(-c3cnc(-c4cccc(-c5cnn(C)c5)c4)nc3)cn1)CC2. The summed E-state index contributed by atoms with van der Waals surface area (Å²) in [7, 11) is 3.89. The molecule has 1 saturated heterocycles. The maximum absolute atomic E-state index is 12.0. The van der Waals surface area contributed by atoms with E-state index in [9.17, 15) is 4.79 Å². The highest BCUT2D eigenvalue weighted by molar-refractivity contribution is 5.79. The number of carbonyl (C=O) groups excluding carboxylic acids is 1. The Balaban J connectivity index is 1.16. The Morgan fingerprint density at radius 3 is 2.23 bits per heavy atom. The second-order valence-corrected chi connectivity index (χ2v) is 9.90. The van der Waals surface area contributed by atoms with Gasteiger partial charge < -0.3 is 4.90 Å². The third-order valence-corrected chi connectivity index (χ3v) is 7.90. The van der Waals surface area contributed by atoms with E-state index in [1.54, 1.807) is 4.68 Å². The van der Waals surface area contributed by atoms with Crippen LogP contribution in [-0.2, 0) is 11.8 Å². The molecule has 0 radical (unpaired) electrons. The van der Waals surface area contributed by atoms with E-state index in [-0.39, 0.29) is 11.4 Å². The van der Waals surface area contributed by atoms with Gasteiger partial charge in [0, 0.05) is 73.1 Å². The fourth-order valence-electron chi connectivity index (χ4n) is 5.65. The molecule has 178 valence electrons. The summed E-state index contributed by atoms with van der Waals surface area (Å²) < 4.78 is 3.89. The van der Waals surface area contributed by atoms with Crippen LogP contribution in [0.25, 0.3) is 33.6 Å². The van der Waals surface area contributed by atoms with Crippen molar-refractivity contribution in [3.8, 4) is 33.6 Å². The van der Waals surface area contributed by atoms with Crippen LogP contribution in [-0.4, -0.2) is 52.9 Å². The van der Waals surface area contributed by atoms with E-state index in [1.807, 2.05) is 62.1 Å². The second-order valence-electron chi connectivity index (χ2n) is 9.90. The van der Waals surface area contributed by atoms with Crippen molar-refractivity contribution in [3.63, 3.8) is 0 Å². The molecule has 3 aromatic heterocycles. The molecule has 1 spiro atoms. The Hall–Kier alpha value is -3.81. The summed E-state index contributed by atoms with van der Waals surface area (Å²) in [4.78, 5) is 23.3. The van der Waals surface area contributed by atoms with E-state index in [0.29, 0.717) is 18.3 Å². The average molecular weight is 468 g/mol. The van der Waals surface area contributed by atoms with E-state index in [2.05, 4.69) is 43.2 Å². The zero-order chi connectivity index (χ0) is 24.0. The quantitative estimate of drug-likeness (QED) is 0.441. The Bertz CT molecular complexity index is 1360. The number of rotatable bonds is 4. The lowest BCUT2D eigenvalue weighted by atomic mass is 9.78. The van der Waals surface area contributed by atoms with E-state index in [1.165, 1.54) is 0 Å². The molecule has 8 heteroatoms. The Morgan fingerprint density at radius 1 is 0.829 bits per heavy atom. The van der Waals surface area contributed by atoms with Gasteiger partial charge in [-0.05, 0) is 43.7 Å². The van der Waals surface area contributed by atoms with Gasteiger partial charge in [-0.1, -0.05) is 18.2 Å². The molecule has 4 heterocycles. The minimum absolute atomic E-state index is 0.0710. The lowest BCUT2D eigenvalue weighted by molar-refractivity contribution is -0.130. The maximum Gasteiger partial charge on any atom is 0.222 e. The lowest BCUT2D eigenvalue weighted by Crippen LogP contribution is -2.46. The minimum atomic E-state index is 0.0710. The lowest BCUT2D eigenvalue weighted by Gasteiger charge is -2.42. The maximum atomic E-state index is 12.0. The largest absolute Gasteiger partial charge is 0.340 e. The number of aryl methyl sites for hydroxylation is 1. The fraction of sp³-hybridized carbons (Fsp3) is 0.370. The number of benzene rings is 1. The minimum Gasteiger partial charge on any atom is -0.340 e. The monoisotopic (exact) mass is 467 g/mol. The van der Waals surface area contributed by atoms with E-state index in [4.69, 9.17) is 0 Å². The van der Waals surface area contributed by atoms with Crippen molar-refractivity contribution in [2.45, 2.75) is 50.1 Å². The van der Waals surface area contributed by atoms with Gasteiger partial charge in [0.15, 0.2) is 5.82 Å². The first-order valence-corrected chi connectivity index (χ1v) is 12.2. The molecule has 8 nitrogen and oxygen atoms in total. The summed E-state index contributed by atoms with van der Waals surface area (Å²) >= 11 is 0. The van der Waals surface area contributed by atoms with Gasteiger partial charge in [0.05, 0.1) is 18.4 Å². The van der Waals surface area contributed by atoms with Crippen molar-refractivity contribution >= 4 is 5.91 Å². The van der Waals surface area contributed by atoms with Crippen molar-refractivity contribution in [1.29, 1.82) is 0 Å². The molecule has 1 amide bonds. The highest BCUT2D eigenvalue weighted by atomic mass is 16.2. The second kappa shape index (κ2) is 8.45. The van der Waals surface area contributed by atoms with Crippen LogP contribution >= 0.6 is 0 Å². The number of likely N-dealkylation sites (tertiary alicyclic amines) is 1. The molecule has 0 unspecified atom stereocenters. The highest BCUT2D eigenvalue weighted by Gasteiger charge is 2.45. The molecular formula is C27H29N7O. The van der Waals surface area contributed by atoms with Gasteiger partial charge in [-0.2, -0.15) is 10.2 Å². The first-order chi connectivity index (χ1) is 17.0. The average Bonchev–Trinajstić information content (AvgIpc) is 3.62. The topological polar surface area (TPSA) is 81.7 Å². The van der Waals surface area contributed by atoms with Crippen molar-refractivity contribution in [3.05, 3.63) is 61.4 Å². The van der Waals surface area contributed by atoms with Crippen molar-refractivity contribution in [2.24, 2.45) is 7.05 Å². The van der Waals surface area contributed by atoms with Crippen molar-refractivity contribution in [2.75, 3.05) is 7.05 Å². The normalized spacial score (nSPS) is 22.3. The van der Waals surface area contributed by atoms with Crippen molar-refractivity contribution in [1.82, 2.24) is 34.4 Å². The van der Waals surface area contributed by atoms with E-state index < -0.39 is 0 Å². The van der Waals surface area contributed by atoms with Gasteiger partial charge in [-0.3, -0.25) is 14.2 Å². The molecule has 2 aliphatic rings. The van der Waals surface area contributed by atoms with Crippen LogP contribution in [0, 0.1) is 0 Å². The molecule has 0 atom stereocenters. The van der Waals surface area contributed by atoms with Crippen LogP contribution in [0.1, 0.15) is 44.6 Å². The number of hydrogen-bond acceptors (Lipinski definition) is 5. The Labute approximate surface area is 204 Å². The first-order valence-electron chi connectivity index (χ1n) is 12.2. The van der Waals surface area contributed by atoms with Gasteiger partial charge in [0.2, 0.25) is 5.91 Å².